The number of rotatable bonds is 3. The topological polar surface area (TPSA) is 109 Å². The smallest absolute Gasteiger partial charge is 0.338 e. The highest BCUT2D eigenvalue weighted by Gasteiger charge is 2.09. The normalized spacial score (nSPS) is 12.5. The van der Waals surface area contributed by atoms with Crippen molar-refractivity contribution in [2.24, 2.45) is 5.73 Å². The fourth-order valence-corrected chi connectivity index (χ4v) is 0.726. The molecule has 0 saturated heterocycles. The van der Waals surface area contributed by atoms with Crippen LogP contribution in [0, 0.1) is 0 Å². The summed E-state index contributed by atoms with van der Waals surface area (Å²) in [6, 6.07) is 0. The van der Waals surface area contributed by atoms with Crippen LogP contribution < -0.4 is 5.73 Å². The monoisotopic (exact) mass is 183 g/mol. The van der Waals surface area contributed by atoms with Crippen molar-refractivity contribution in [3.8, 4) is 0 Å². The number of carboxylic acid groups (broad SMARTS) is 1. The molecule has 0 aliphatic carbocycles. The van der Waals surface area contributed by atoms with Gasteiger partial charge in [-0.15, -0.1) is 0 Å². The van der Waals surface area contributed by atoms with E-state index >= 15 is 0 Å². The second-order valence-corrected chi connectivity index (χ2v) is 2.39. The minimum absolute atomic E-state index is 0.00637. The molecule has 13 heavy (non-hydrogen) atoms. The molecule has 0 aliphatic heterocycles. The number of aliphatic hydroxyl groups excluding tert-OH is 1. The van der Waals surface area contributed by atoms with Crippen LogP contribution >= 0.6 is 0 Å². The molecule has 1 aromatic rings. The van der Waals surface area contributed by atoms with Crippen molar-refractivity contribution >= 4 is 5.97 Å². The van der Waals surface area contributed by atoms with Gasteiger partial charge in [0.1, 0.15) is 6.10 Å². The van der Waals surface area contributed by atoms with Crippen molar-refractivity contribution in [1.82, 2.24) is 9.97 Å². The zero-order chi connectivity index (χ0) is 9.84. The lowest BCUT2D eigenvalue weighted by Gasteiger charge is -2.04. The Morgan fingerprint density at radius 1 is 1.54 bits per heavy atom. The van der Waals surface area contributed by atoms with Crippen molar-refractivity contribution < 1.29 is 15.0 Å². The van der Waals surface area contributed by atoms with Crippen molar-refractivity contribution in [3.05, 3.63) is 23.8 Å². The van der Waals surface area contributed by atoms with Gasteiger partial charge in [0.05, 0.1) is 5.56 Å². The highest BCUT2D eigenvalue weighted by atomic mass is 16.4. The van der Waals surface area contributed by atoms with Crippen molar-refractivity contribution in [3.63, 3.8) is 0 Å². The first-order valence-corrected chi connectivity index (χ1v) is 3.58. The second kappa shape index (κ2) is 3.92. The number of hydrogen-bond donors (Lipinski definition) is 3. The maximum Gasteiger partial charge on any atom is 0.338 e. The lowest BCUT2D eigenvalue weighted by atomic mass is 10.3. The Morgan fingerprint density at radius 2 is 2.08 bits per heavy atom. The SMILES string of the molecule is NCC(O)c1ncc(C(=O)O)cn1. The first kappa shape index (κ1) is 9.56. The maximum absolute atomic E-state index is 10.4. The van der Waals surface area contributed by atoms with Gasteiger partial charge < -0.3 is 15.9 Å². The van der Waals surface area contributed by atoms with Crippen LogP contribution in [0.5, 0.6) is 0 Å². The molecule has 6 nitrogen and oxygen atoms in total. The summed E-state index contributed by atoms with van der Waals surface area (Å²) >= 11 is 0. The van der Waals surface area contributed by atoms with E-state index in [0.717, 1.165) is 12.4 Å². The summed E-state index contributed by atoms with van der Waals surface area (Å²) in [6.07, 6.45) is 1.32. The molecule has 1 aromatic heterocycles. The number of hydrogen-bond acceptors (Lipinski definition) is 5. The number of nitrogens with two attached hydrogens (primary N) is 1. The molecular formula is C7H9N3O3. The number of carboxylic acids is 1. The standard InChI is InChI=1S/C7H9N3O3/c8-1-5(11)6-9-2-4(3-10-6)7(12)13/h2-3,5,11H,1,8H2,(H,12,13). The Kier molecular flexibility index (Phi) is 2.88. The van der Waals surface area contributed by atoms with Gasteiger partial charge in [-0.25, -0.2) is 14.8 Å². The van der Waals surface area contributed by atoms with E-state index in [9.17, 15) is 4.79 Å². The predicted octanol–water partition coefficient (Wildman–Crippen LogP) is -0.833. The lowest BCUT2D eigenvalue weighted by Crippen LogP contribution is -2.15. The Morgan fingerprint density at radius 3 is 2.46 bits per heavy atom. The Balaban J connectivity index is 2.87. The molecule has 0 aliphatic rings. The molecule has 0 bridgehead atoms. The summed E-state index contributed by atoms with van der Waals surface area (Å²) in [7, 11) is 0. The van der Waals surface area contributed by atoms with Gasteiger partial charge in [0.25, 0.3) is 0 Å². The third-order valence-electron chi connectivity index (χ3n) is 1.44. The minimum atomic E-state index is -1.10. The van der Waals surface area contributed by atoms with Crippen LogP contribution in [0.1, 0.15) is 22.3 Å². The van der Waals surface area contributed by atoms with Crippen molar-refractivity contribution in [2.75, 3.05) is 6.54 Å². The summed E-state index contributed by atoms with van der Waals surface area (Å²) in [5.74, 6) is -0.971. The molecule has 1 heterocycles. The van der Waals surface area contributed by atoms with E-state index < -0.39 is 12.1 Å². The fourth-order valence-electron chi connectivity index (χ4n) is 0.726. The third-order valence-corrected chi connectivity index (χ3v) is 1.44. The molecular weight excluding hydrogens is 174 g/mol. The van der Waals surface area contributed by atoms with Gasteiger partial charge in [0, 0.05) is 18.9 Å². The van der Waals surface area contributed by atoms with Crippen LogP contribution in [-0.4, -0.2) is 32.7 Å². The van der Waals surface area contributed by atoms with Crippen LogP contribution in [-0.2, 0) is 0 Å². The van der Waals surface area contributed by atoms with Gasteiger partial charge in [0.2, 0.25) is 0 Å². The van der Waals surface area contributed by atoms with E-state index in [4.69, 9.17) is 15.9 Å². The van der Waals surface area contributed by atoms with Crippen LogP contribution in [0.2, 0.25) is 0 Å². The fraction of sp³-hybridized carbons (Fsp3) is 0.286. The molecule has 1 unspecified atom stereocenters. The maximum atomic E-state index is 10.4. The Hall–Kier alpha value is -1.53. The molecule has 0 amide bonds. The van der Waals surface area contributed by atoms with Crippen LogP contribution in [0.4, 0.5) is 0 Å². The van der Waals surface area contributed by atoms with Gasteiger partial charge in [-0.05, 0) is 0 Å². The zero-order valence-electron chi connectivity index (χ0n) is 6.71. The van der Waals surface area contributed by atoms with E-state index in [1.165, 1.54) is 0 Å². The number of aromatic carboxylic acids is 1. The van der Waals surface area contributed by atoms with Gasteiger partial charge >= 0.3 is 5.97 Å². The number of aliphatic hydroxyl groups is 1. The molecule has 0 fully saturated rings. The highest BCUT2D eigenvalue weighted by Crippen LogP contribution is 2.04. The predicted molar refractivity (Wildman–Crippen MR) is 43.0 cm³/mol. The number of aromatic nitrogens is 2. The summed E-state index contributed by atoms with van der Waals surface area (Å²) in [4.78, 5) is 17.7. The molecule has 0 aromatic carbocycles. The van der Waals surface area contributed by atoms with E-state index in [1.807, 2.05) is 0 Å². The second-order valence-electron chi connectivity index (χ2n) is 2.39. The van der Waals surface area contributed by atoms with E-state index in [2.05, 4.69) is 9.97 Å². The zero-order valence-corrected chi connectivity index (χ0v) is 6.71. The van der Waals surface area contributed by atoms with E-state index in [0.29, 0.717) is 0 Å². The van der Waals surface area contributed by atoms with Gasteiger partial charge in [-0.3, -0.25) is 0 Å². The summed E-state index contributed by atoms with van der Waals surface area (Å²) in [5, 5.41) is 17.7. The molecule has 0 saturated carbocycles. The molecule has 1 rings (SSSR count). The summed E-state index contributed by atoms with van der Waals surface area (Å²) in [5.41, 5.74) is 5.14. The average molecular weight is 183 g/mol. The summed E-state index contributed by atoms with van der Waals surface area (Å²) < 4.78 is 0. The van der Waals surface area contributed by atoms with Crippen LogP contribution in [0.25, 0.3) is 0 Å². The molecule has 6 heteroatoms. The largest absolute Gasteiger partial charge is 0.478 e. The van der Waals surface area contributed by atoms with Gasteiger partial charge in [0.15, 0.2) is 5.82 Å². The van der Waals surface area contributed by atoms with Gasteiger partial charge in [-0.2, -0.15) is 0 Å². The van der Waals surface area contributed by atoms with Crippen LogP contribution in [0.3, 0.4) is 0 Å². The van der Waals surface area contributed by atoms with E-state index in [-0.39, 0.29) is 17.9 Å². The quantitative estimate of drug-likeness (QED) is 0.564. The molecule has 1 atom stereocenters. The number of nitrogens with zero attached hydrogens (tertiary/aromatic N) is 2. The lowest BCUT2D eigenvalue weighted by molar-refractivity contribution is 0.0695. The molecule has 4 N–H and O–H groups in total. The third kappa shape index (κ3) is 2.20. The number of carbonyl (C=O) groups is 1. The Bertz CT molecular complexity index is 298. The van der Waals surface area contributed by atoms with Crippen molar-refractivity contribution in [1.29, 1.82) is 0 Å². The highest BCUT2D eigenvalue weighted by molar-refractivity contribution is 5.86. The van der Waals surface area contributed by atoms with Crippen molar-refractivity contribution in [2.45, 2.75) is 6.10 Å². The van der Waals surface area contributed by atoms with Gasteiger partial charge in [-0.1, -0.05) is 0 Å². The molecule has 0 radical (unpaired) electrons. The summed E-state index contributed by atoms with van der Waals surface area (Å²) in [6.45, 7) is 0.00637. The molecule has 70 valence electrons. The molecule has 0 spiro atoms. The van der Waals surface area contributed by atoms with Crippen LogP contribution in [0.15, 0.2) is 12.4 Å². The average Bonchev–Trinajstić information content (AvgIpc) is 2.17. The Labute approximate surface area is 74.1 Å². The van der Waals surface area contributed by atoms with E-state index in [1.54, 1.807) is 0 Å². The minimum Gasteiger partial charge on any atom is -0.478 e. The first-order chi connectivity index (χ1) is 6.15. The first-order valence-electron chi connectivity index (χ1n) is 3.58.